The van der Waals surface area contributed by atoms with Crippen molar-refractivity contribution in [3.8, 4) is 6.07 Å². The summed E-state index contributed by atoms with van der Waals surface area (Å²) >= 11 is 0. The summed E-state index contributed by atoms with van der Waals surface area (Å²) in [6.07, 6.45) is 1.58. The average molecular weight is 316 g/mol. The summed E-state index contributed by atoms with van der Waals surface area (Å²) in [4.78, 5) is 4.43. The van der Waals surface area contributed by atoms with Gasteiger partial charge in [0.2, 0.25) is 5.95 Å². The highest BCUT2D eigenvalue weighted by Gasteiger charge is 2.06. The lowest BCUT2D eigenvalue weighted by Gasteiger charge is -2.12. The molecule has 0 saturated carbocycles. The Morgan fingerprint density at radius 3 is 2.33 bits per heavy atom. The molecule has 0 atom stereocenters. The molecule has 6 heteroatoms. The number of aromatic nitrogens is 3. The number of rotatable bonds is 4. The number of nitrogens with zero attached hydrogens (tertiary/aromatic N) is 4. The maximum Gasteiger partial charge on any atom is 0.249 e. The van der Waals surface area contributed by atoms with Crippen molar-refractivity contribution in [2.24, 2.45) is 0 Å². The van der Waals surface area contributed by atoms with Gasteiger partial charge in [0.25, 0.3) is 0 Å². The van der Waals surface area contributed by atoms with Crippen molar-refractivity contribution in [1.29, 1.82) is 5.26 Å². The molecule has 1 aromatic heterocycles. The lowest BCUT2D eigenvalue weighted by molar-refractivity contribution is 0.982. The van der Waals surface area contributed by atoms with Crippen LogP contribution in [0.4, 0.5) is 23.1 Å². The van der Waals surface area contributed by atoms with E-state index in [1.54, 1.807) is 30.5 Å². The van der Waals surface area contributed by atoms with E-state index in [-0.39, 0.29) is 0 Å². The monoisotopic (exact) mass is 316 g/mol. The highest BCUT2D eigenvalue weighted by molar-refractivity contribution is 5.65. The molecule has 0 spiro atoms. The standard InChI is InChI=1S/C18H16N6/c1-12-4-3-5-13(2)17(12)22-16-11-20-24-18(23-16)21-15-8-6-14(10-19)7-9-15/h3-9,11H,1-2H3,(H2,21,22,23,24). The molecule has 0 radical (unpaired) electrons. The Kier molecular flexibility index (Phi) is 4.34. The third-order valence-electron chi connectivity index (χ3n) is 3.56. The van der Waals surface area contributed by atoms with Crippen LogP contribution in [0, 0.1) is 25.2 Å². The second kappa shape index (κ2) is 6.75. The van der Waals surface area contributed by atoms with Crippen LogP contribution in [0.1, 0.15) is 16.7 Å². The van der Waals surface area contributed by atoms with Gasteiger partial charge in [-0.25, -0.2) is 0 Å². The first-order valence-corrected chi connectivity index (χ1v) is 7.46. The van der Waals surface area contributed by atoms with E-state index in [4.69, 9.17) is 5.26 Å². The Bertz CT molecular complexity index is 876. The summed E-state index contributed by atoms with van der Waals surface area (Å²) in [7, 11) is 0. The molecule has 118 valence electrons. The highest BCUT2D eigenvalue weighted by Crippen LogP contribution is 2.23. The molecule has 3 rings (SSSR count). The minimum absolute atomic E-state index is 0.385. The van der Waals surface area contributed by atoms with E-state index in [1.165, 1.54) is 0 Å². The van der Waals surface area contributed by atoms with Gasteiger partial charge in [0.05, 0.1) is 17.8 Å². The maximum atomic E-state index is 8.83. The van der Waals surface area contributed by atoms with Crippen LogP contribution in [0.15, 0.2) is 48.7 Å². The van der Waals surface area contributed by atoms with Gasteiger partial charge in [-0.2, -0.15) is 15.3 Å². The Labute approximate surface area is 140 Å². The Morgan fingerprint density at radius 1 is 0.958 bits per heavy atom. The molecule has 0 aliphatic heterocycles. The van der Waals surface area contributed by atoms with Crippen molar-refractivity contribution in [3.05, 3.63) is 65.4 Å². The lowest BCUT2D eigenvalue weighted by Crippen LogP contribution is -2.03. The van der Waals surface area contributed by atoms with Crippen LogP contribution in [0.25, 0.3) is 0 Å². The molecule has 1 heterocycles. The second-order valence-electron chi connectivity index (χ2n) is 5.37. The predicted octanol–water partition coefficient (Wildman–Crippen LogP) is 3.85. The fraction of sp³-hybridized carbons (Fsp3) is 0.111. The topological polar surface area (TPSA) is 86.5 Å². The Morgan fingerprint density at radius 2 is 1.67 bits per heavy atom. The molecule has 0 fully saturated rings. The van der Waals surface area contributed by atoms with Gasteiger partial charge in [-0.15, -0.1) is 5.10 Å². The molecule has 2 N–H and O–H groups in total. The molecule has 0 aliphatic rings. The van der Waals surface area contributed by atoms with Crippen molar-refractivity contribution in [2.75, 3.05) is 10.6 Å². The Hall–Kier alpha value is -3.46. The van der Waals surface area contributed by atoms with Crippen LogP contribution >= 0.6 is 0 Å². The van der Waals surface area contributed by atoms with Crippen molar-refractivity contribution >= 4 is 23.1 Å². The molecule has 6 nitrogen and oxygen atoms in total. The molecule has 3 aromatic rings. The SMILES string of the molecule is Cc1cccc(C)c1Nc1cnnc(Nc2ccc(C#N)cc2)n1. The van der Waals surface area contributed by atoms with Gasteiger partial charge in [0.1, 0.15) is 0 Å². The van der Waals surface area contributed by atoms with Crippen molar-refractivity contribution in [2.45, 2.75) is 13.8 Å². The smallest absolute Gasteiger partial charge is 0.249 e. The molecule has 2 aromatic carbocycles. The van der Waals surface area contributed by atoms with Gasteiger partial charge in [-0.3, -0.25) is 0 Å². The number of para-hydroxylation sites is 1. The first-order valence-electron chi connectivity index (χ1n) is 7.46. The van der Waals surface area contributed by atoms with Crippen molar-refractivity contribution in [1.82, 2.24) is 15.2 Å². The molecule has 24 heavy (non-hydrogen) atoms. The number of nitrogens with one attached hydrogen (secondary N) is 2. The van der Waals surface area contributed by atoms with Gasteiger partial charge >= 0.3 is 0 Å². The average Bonchev–Trinajstić information content (AvgIpc) is 2.59. The van der Waals surface area contributed by atoms with E-state index in [2.05, 4.69) is 31.9 Å². The Balaban J connectivity index is 1.80. The molecular formula is C18H16N6. The fourth-order valence-electron chi connectivity index (χ4n) is 2.31. The predicted molar refractivity (Wildman–Crippen MR) is 93.5 cm³/mol. The van der Waals surface area contributed by atoms with E-state index in [0.717, 1.165) is 22.5 Å². The van der Waals surface area contributed by atoms with E-state index < -0.39 is 0 Å². The zero-order valence-corrected chi connectivity index (χ0v) is 13.4. The molecule has 0 amide bonds. The van der Waals surface area contributed by atoms with Gasteiger partial charge in [-0.05, 0) is 49.2 Å². The minimum Gasteiger partial charge on any atom is -0.338 e. The number of anilines is 4. The molecular weight excluding hydrogens is 300 g/mol. The molecule has 0 bridgehead atoms. The van der Waals surface area contributed by atoms with Crippen LogP contribution < -0.4 is 10.6 Å². The first kappa shape index (κ1) is 15.4. The van der Waals surface area contributed by atoms with Crippen LogP contribution in [-0.4, -0.2) is 15.2 Å². The van der Waals surface area contributed by atoms with Crippen LogP contribution in [0.5, 0.6) is 0 Å². The third kappa shape index (κ3) is 3.47. The van der Waals surface area contributed by atoms with Crippen LogP contribution in [0.2, 0.25) is 0 Å². The van der Waals surface area contributed by atoms with Crippen LogP contribution in [0.3, 0.4) is 0 Å². The van der Waals surface area contributed by atoms with Gasteiger partial charge in [0.15, 0.2) is 5.82 Å². The summed E-state index contributed by atoms with van der Waals surface area (Å²) < 4.78 is 0. The van der Waals surface area contributed by atoms with Crippen molar-refractivity contribution in [3.63, 3.8) is 0 Å². The van der Waals surface area contributed by atoms with Gasteiger partial charge in [-0.1, -0.05) is 18.2 Å². The summed E-state index contributed by atoms with van der Waals surface area (Å²) in [5.74, 6) is 0.995. The quantitative estimate of drug-likeness (QED) is 0.760. The number of hydrogen-bond donors (Lipinski definition) is 2. The number of nitriles is 1. The summed E-state index contributed by atoms with van der Waals surface area (Å²) in [6, 6.07) is 15.2. The maximum absolute atomic E-state index is 8.83. The molecule has 0 saturated heterocycles. The second-order valence-corrected chi connectivity index (χ2v) is 5.37. The number of aryl methyl sites for hydroxylation is 2. The normalized spacial score (nSPS) is 10.0. The minimum atomic E-state index is 0.385. The number of benzene rings is 2. The summed E-state index contributed by atoms with van der Waals surface area (Å²) in [5, 5.41) is 23.2. The molecule has 0 aliphatic carbocycles. The summed E-state index contributed by atoms with van der Waals surface area (Å²) in [5.41, 5.74) is 4.68. The first-order chi connectivity index (χ1) is 11.7. The van der Waals surface area contributed by atoms with Gasteiger partial charge < -0.3 is 10.6 Å². The third-order valence-corrected chi connectivity index (χ3v) is 3.56. The highest BCUT2D eigenvalue weighted by atomic mass is 15.3. The molecule has 0 unspecified atom stereocenters. The summed E-state index contributed by atoms with van der Waals surface area (Å²) in [6.45, 7) is 4.08. The van der Waals surface area contributed by atoms with E-state index in [9.17, 15) is 0 Å². The zero-order chi connectivity index (χ0) is 16.9. The fourth-order valence-corrected chi connectivity index (χ4v) is 2.31. The van der Waals surface area contributed by atoms with E-state index >= 15 is 0 Å². The van der Waals surface area contributed by atoms with Crippen LogP contribution in [-0.2, 0) is 0 Å². The van der Waals surface area contributed by atoms with E-state index in [0.29, 0.717) is 17.3 Å². The lowest BCUT2D eigenvalue weighted by atomic mass is 10.1. The van der Waals surface area contributed by atoms with E-state index in [1.807, 2.05) is 32.0 Å². The van der Waals surface area contributed by atoms with Crippen molar-refractivity contribution < 1.29 is 0 Å². The number of hydrogen-bond acceptors (Lipinski definition) is 6. The van der Waals surface area contributed by atoms with Gasteiger partial charge in [0, 0.05) is 11.4 Å². The largest absolute Gasteiger partial charge is 0.338 e. The zero-order valence-electron chi connectivity index (χ0n) is 13.4.